The predicted octanol–water partition coefficient (Wildman–Crippen LogP) is 0.167. The van der Waals surface area contributed by atoms with E-state index in [-0.39, 0.29) is 12.5 Å². The average molecular weight is 192 g/mol. The van der Waals surface area contributed by atoms with Gasteiger partial charge in [0.2, 0.25) is 5.91 Å². The molecular weight excluding hydrogens is 180 g/mol. The fourth-order valence-corrected chi connectivity index (χ4v) is 1.07. The Morgan fingerprint density at radius 3 is 3.00 bits per heavy atom. The van der Waals surface area contributed by atoms with Gasteiger partial charge in [-0.3, -0.25) is 9.78 Å². The lowest BCUT2D eigenvalue weighted by molar-refractivity contribution is -0.119. The third-order valence-electron chi connectivity index (χ3n) is 1.94. The van der Waals surface area contributed by atoms with Crippen LogP contribution in [0.5, 0.6) is 0 Å². The molecule has 0 spiro atoms. The van der Waals surface area contributed by atoms with E-state index in [0.717, 1.165) is 12.8 Å². The lowest BCUT2D eigenvalue weighted by Gasteiger charge is -2.04. The summed E-state index contributed by atoms with van der Waals surface area (Å²) in [5.41, 5.74) is 0. The van der Waals surface area contributed by atoms with Crippen molar-refractivity contribution in [1.29, 1.82) is 0 Å². The van der Waals surface area contributed by atoms with E-state index in [9.17, 15) is 4.79 Å². The highest BCUT2D eigenvalue weighted by Gasteiger charge is 2.22. The van der Waals surface area contributed by atoms with Crippen molar-refractivity contribution >= 4 is 11.7 Å². The van der Waals surface area contributed by atoms with Crippen LogP contribution in [0.3, 0.4) is 0 Å². The van der Waals surface area contributed by atoms with E-state index in [0.29, 0.717) is 11.9 Å². The fourth-order valence-electron chi connectivity index (χ4n) is 1.07. The molecule has 0 aliphatic heterocycles. The van der Waals surface area contributed by atoms with Crippen LogP contribution in [0.25, 0.3) is 0 Å². The lowest BCUT2D eigenvalue weighted by atomic mass is 10.5. The second-order valence-electron chi connectivity index (χ2n) is 3.29. The first-order chi connectivity index (χ1) is 6.84. The number of rotatable bonds is 4. The van der Waals surface area contributed by atoms with Crippen LogP contribution in [0.2, 0.25) is 0 Å². The van der Waals surface area contributed by atoms with Crippen LogP contribution in [0.15, 0.2) is 18.6 Å². The summed E-state index contributed by atoms with van der Waals surface area (Å²) in [6, 6.07) is 0.408. The van der Waals surface area contributed by atoms with Crippen LogP contribution in [0.1, 0.15) is 12.8 Å². The highest BCUT2D eigenvalue weighted by atomic mass is 16.2. The maximum absolute atomic E-state index is 11.2. The monoisotopic (exact) mass is 192 g/mol. The Hall–Kier alpha value is -1.65. The van der Waals surface area contributed by atoms with E-state index >= 15 is 0 Å². The minimum absolute atomic E-state index is 0.0122. The Balaban J connectivity index is 1.73. The topological polar surface area (TPSA) is 66.9 Å². The minimum Gasteiger partial charge on any atom is -0.360 e. The average Bonchev–Trinajstić information content (AvgIpc) is 3.00. The third kappa shape index (κ3) is 2.69. The van der Waals surface area contributed by atoms with Crippen molar-refractivity contribution in [2.45, 2.75) is 18.9 Å². The Morgan fingerprint density at radius 1 is 1.50 bits per heavy atom. The molecule has 1 saturated carbocycles. The van der Waals surface area contributed by atoms with E-state index in [1.54, 1.807) is 18.6 Å². The van der Waals surface area contributed by atoms with Crippen LogP contribution in [0, 0.1) is 0 Å². The van der Waals surface area contributed by atoms with Crippen LogP contribution < -0.4 is 10.6 Å². The zero-order valence-corrected chi connectivity index (χ0v) is 7.73. The number of hydrogen-bond acceptors (Lipinski definition) is 4. The first kappa shape index (κ1) is 8.93. The smallest absolute Gasteiger partial charge is 0.239 e. The molecule has 1 aliphatic rings. The number of carbonyl (C=O) groups is 1. The van der Waals surface area contributed by atoms with Crippen molar-refractivity contribution in [3.63, 3.8) is 0 Å². The van der Waals surface area contributed by atoms with E-state index in [1.807, 2.05) is 0 Å². The molecule has 1 heterocycles. The molecule has 74 valence electrons. The van der Waals surface area contributed by atoms with Gasteiger partial charge in [-0.25, -0.2) is 4.98 Å². The molecule has 2 rings (SSSR count). The van der Waals surface area contributed by atoms with Gasteiger partial charge in [0.1, 0.15) is 5.82 Å². The van der Waals surface area contributed by atoms with Gasteiger partial charge in [0.15, 0.2) is 0 Å². The molecule has 1 aromatic heterocycles. The number of nitrogens with zero attached hydrogens (tertiary/aromatic N) is 2. The molecule has 0 radical (unpaired) electrons. The molecule has 0 atom stereocenters. The third-order valence-corrected chi connectivity index (χ3v) is 1.94. The van der Waals surface area contributed by atoms with Gasteiger partial charge in [-0.2, -0.15) is 0 Å². The maximum atomic E-state index is 11.2. The number of nitrogens with one attached hydrogen (secondary N) is 2. The summed E-state index contributed by atoms with van der Waals surface area (Å²) >= 11 is 0. The molecule has 14 heavy (non-hydrogen) atoms. The van der Waals surface area contributed by atoms with Gasteiger partial charge in [-0.05, 0) is 12.8 Å². The van der Waals surface area contributed by atoms with Crippen LogP contribution in [-0.4, -0.2) is 28.5 Å². The van der Waals surface area contributed by atoms with E-state index in [1.165, 1.54) is 0 Å². The molecular formula is C9H12N4O. The molecule has 5 heteroatoms. The molecule has 0 bridgehead atoms. The summed E-state index contributed by atoms with van der Waals surface area (Å²) < 4.78 is 0. The van der Waals surface area contributed by atoms with Crippen molar-refractivity contribution in [2.75, 3.05) is 11.9 Å². The standard InChI is InChI=1S/C9H12N4O/c14-9(13-7-1-2-7)6-12-8-5-10-3-4-11-8/h3-5,7H,1-2,6H2,(H,11,12)(H,13,14). The van der Waals surface area contributed by atoms with Crippen molar-refractivity contribution in [1.82, 2.24) is 15.3 Å². The summed E-state index contributed by atoms with van der Waals surface area (Å²) in [5.74, 6) is 0.636. The zero-order chi connectivity index (χ0) is 9.80. The first-order valence-corrected chi connectivity index (χ1v) is 4.64. The summed E-state index contributed by atoms with van der Waals surface area (Å²) in [4.78, 5) is 19.1. The molecule has 1 aromatic rings. The quantitative estimate of drug-likeness (QED) is 0.713. The number of hydrogen-bond donors (Lipinski definition) is 2. The Morgan fingerprint density at radius 2 is 2.36 bits per heavy atom. The molecule has 0 aromatic carbocycles. The van der Waals surface area contributed by atoms with Crippen molar-refractivity contribution in [2.24, 2.45) is 0 Å². The second-order valence-corrected chi connectivity index (χ2v) is 3.29. The highest BCUT2D eigenvalue weighted by molar-refractivity contribution is 5.80. The van der Waals surface area contributed by atoms with E-state index < -0.39 is 0 Å². The summed E-state index contributed by atoms with van der Waals surface area (Å²) in [5, 5.41) is 5.77. The van der Waals surface area contributed by atoms with Gasteiger partial charge in [-0.15, -0.1) is 0 Å². The first-order valence-electron chi connectivity index (χ1n) is 4.64. The zero-order valence-electron chi connectivity index (χ0n) is 7.73. The van der Waals surface area contributed by atoms with Gasteiger partial charge in [0.25, 0.3) is 0 Å². The molecule has 1 aliphatic carbocycles. The summed E-state index contributed by atoms with van der Waals surface area (Å²) in [6.45, 7) is 0.259. The van der Waals surface area contributed by atoms with Crippen molar-refractivity contribution in [3.8, 4) is 0 Å². The van der Waals surface area contributed by atoms with Crippen LogP contribution in [-0.2, 0) is 4.79 Å². The van der Waals surface area contributed by atoms with Crippen LogP contribution in [0.4, 0.5) is 5.82 Å². The number of anilines is 1. The Kier molecular flexibility index (Phi) is 2.58. The maximum Gasteiger partial charge on any atom is 0.239 e. The molecule has 1 amide bonds. The molecule has 1 fully saturated rings. The van der Waals surface area contributed by atoms with Crippen molar-refractivity contribution in [3.05, 3.63) is 18.6 Å². The molecule has 0 saturated heterocycles. The predicted molar refractivity (Wildman–Crippen MR) is 51.7 cm³/mol. The SMILES string of the molecule is O=C(CNc1cnccn1)NC1CC1. The highest BCUT2D eigenvalue weighted by Crippen LogP contribution is 2.18. The van der Waals surface area contributed by atoms with Crippen LogP contribution >= 0.6 is 0 Å². The van der Waals surface area contributed by atoms with Gasteiger partial charge in [-0.1, -0.05) is 0 Å². The molecule has 5 nitrogen and oxygen atoms in total. The largest absolute Gasteiger partial charge is 0.360 e. The lowest BCUT2D eigenvalue weighted by Crippen LogP contribution is -2.31. The Bertz CT molecular complexity index is 310. The molecule has 2 N–H and O–H groups in total. The van der Waals surface area contributed by atoms with E-state index in [2.05, 4.69) is 20.6 Å². The van der Waals surface area contributed by atoms with Crippen molar-refractivity contribution < 1.29 is 4.79 Å². The summed E-state index contributed by atoms with van der Waals surface area (Å²) in [6.07, 6.45) is 6.98. The van der Waals surface area contributed by atoms with E-state index in [4.69, 9.17) is 0 Å². The minimum atomic E-state index is 0.0122. The van der Waals surface area contributed by atoms with Gasteiger partial charge < -0.3 is 10.6 Å². The second kappa shape index (κ2) is 4.04. The number of aromatic nitrogens is 2. The van der Waals surface area contributed by atoms with Gasteiger partial charge in [0.05, 0.1) is 12.7 Å². The normalized spacial score (nSPS) is 14.9. The summed E-state index contributed by atoms with van der Waals surface area (Å²) in [7, 11) is 0. The van der Waals surface area contributed by atoms with Gasteiger partial charge >= 0.3 is 0 Å². The number of carbonyl (C=O) groups excluding carboxylic acids is 1. The Labute approximate surface area is 82.0 Å². The number of amides is 1. The molecule has 0 unspecified atom stereocenters. The fraction of sp³-hybridized carbons (Fsp3) is 0.444. The van der Waals surface area contributed by atoms with Gasteiger partial charge in [0, 0.05) is 18.4 Å².